The SMILES string of the molecule is CCC(=O)OC(C)OC(=O)CON=C(C(=O)NC1C(=O)N2CC(SC)(C(=O)O)C(C(C)OC(=O)CC)S[C@H]12)c1csc(N)n1. The number of rotatable bonds is 14. The lowest BCUT2D eigenvalue weighted by molar-refractivity contribution is -0.187. The molecule has 3 heterocycles. The summed E-state index contributed by atoms with van der Waals surface area (Å²) in [6.07, 6.45) is -0.199. The van der Waals surface area contributed by atoms with Gasteiger partial charge in [-0.1, -0.05) is 19.0 Å². The van der Waals surface area contributed by atoms with Crippen molar-refractivity contribution in [3.8, 4) is 0 Å². The minimum atomic E-state index is -1.47. The van der Waals surface area contributed by atoms with Crippen LogP contribution in [0, 0.1) is 0 Å². The van der Waals surface area contributed by atoms with E-state index in [9.17, 15) is 33.9 Å². The molecule has 2 fully saturated rings. The summed E-state index contributed by atoms with van der Waals surface area (Å²) in [4.78, 5) is 84.8. The van der Waals surface area contributed by atoms with Crippen molar-refractivity contribution in [3.05, 3.63) is 11.1 Å². The molecule has 2 aliphatic heterocycles. The molecular formula is C25H33N5O11S3. The van der Waals surface area contributed by atoms with E-state index in [4.69, 9.17) is 24.8 Å². The number of nitrogens with two attached hydrogens (primary N) is 1. The molecule has 3 rings (SSSR count). The number of β-lactam (4-membered cyclic amide) rings is 1. The highest BCUT2D eigenvalue weighted by molar-refractivity contribution is 8.05. The van der Waals surface area contributed by atoms with E-state index < -0.39 is 81.8 Å². The summed E-state index contributed by atoms with van der Waals surface area (Å²) in [7, 11) is 0. The lowest BCUT2D eigenvalue weighted by Gasteiger charge is -2.56. The number of aromatic nitrogens is 1. The molecule has 19 heteroatoms. The number of carbonyl (C=O) groups is 6. The fourth-order valence-corrected chi connectivity index (χ4v) is 7.86. The van der Waals surface area contributed by atoms with E-state index in [1.54, 1.807) is 27.0 Å². The first kappa shape index (κ1) is 34.9. The number of hydrogen-bond acceptors (Lipinski definition) is 16. The van der Waals surface area contributed by atoms with Gasteiger partial charge in [-0.3, -0.25) is 24.0 Å². The lowest BCUT2D eigenvalue weighted by atomic mass is 9.95. The highest BCUT2D eigenvalue weighted by atomic mass is 32.2. The second-order valence-electron chi connectivity index (χ2n) is 9.50. The molecule has 1 aromatic heterocycles. The van der Waals surface area contributed by atoms with Gasteiger partial charge in [0.15, 0.2) is 10.8 Å². The zero-order valence-corrected chi connectivity index (χ0v) is 26.9. The Morgan fingerprint density at radius 3 is 2.39 bits per heavy atom. The van der Waals surface area contributed by atoms with Crippen molar-refractivity contribution in [1.82, 2.24) is 15.2 Å². The van der Waals surface area contributed by atoms with Crippen molar-refractivity contribution in [2.75, 3.05) is 25.1 Å². The fourth-order valence-electron chi connectivity index (χ4n) is 4.35. The predicted molar refractivity (Wildman–Crippen MR) is 159 cm³/mol. The number of carbonyl (C=O) groups excluding carboxylic acids is 5. The maximum Gasteiger partial charge on any atom is 0.350 e. The van der Waals surface area contributed by atoms with Crippen molar-refractivity contribution in [3.63, 3.8) is 0 Å². The highest BCUT2D eigenvalue weighted by Crippen LogP contribution is 2.49. The maximum atomic E-state index is 13.4. The van der Waals surface area contributed by atoms with E-state index in [1.165, 1.54) is 17.2 Å². The number of hydrogen-bond donors (Lipinski definition) is 3. The molecule has 2 saturated heterocycles. The molecule has 0 aromatic carbocycles. The Bertz CT molecular complexity index is 1320. The van der Waals surface area contributed by atoms with Crippen LogP contribution in [0.1, 0.15) is 46.2 Å². The summed E-state index contributed by atoms with van der Waals surface area (Å²) >= 11 is 3.16. The van der Waals surface area contributed by atoms with Gasteiger partial charge in [0.25, 0.3) is 5.91 Å². The van der Waals surface area contributed by atoms with Crippen LogP contribution in [-0.4, -0.2) is 110 Å². The number of anilines is 1. The molecule has 44 heavy (non-hydrogen) atoms. The van der Waals surface area contributed by atoms with E-state index in [0.717, 1.165) is 34.9 Å². The van der Waals surface area contributed by atoms with Gasteiger partial charge in [0.1, 0.15) is 28.0 Å². The smallest absolute Gasteiger partial charge is 0.350 e. The average molecular weight is 676 g/mol. The molecule has 5 unspecified atom stereocenters. The Morgan fingerprint density at radius 2 is 1.82 bits per heavy atom. The molecule has 0 spiro atoms. The molecule has 4 N–H and O–H groups in total. The number of esters is 3. The van der Waals surface area contributed by atoms with Crippen molar-refractivity contribution in [1.29, 1.82) is 0 Å². The Morgan fingerprint density at radius 1 is 1.18 bits per heavy atom. The van der Waals surface area contributed by atoms with Crippen LogP contribution in [0.15, 0.2) is 10.5 Å². The predicted octanol–water partition coefficient (Wildman–Crippen LogP) is 0.585. The van der Waals surface area contributed by atoms with E-state index in [-0.39, 0.29) is 30.2 Å². The summed E-state index contributed by atoms with van der Waals surface area (Å²) in [5, 5.41) is 16.6. The molecule has 0 radical (unpaired) electrons. The van der Waals surface area contributed by atoms with E-state index in [0.29, 0.717) is 0 Å². The number of nitrogens with one attached hydrogen (secondary N) is 1. The van der Waals surface area contributed by atoms with Crippen LogP contribution in [0.5, 0.6) is 0 Å². The normalized spacial score (nSPS) is 24.2. The first-order chi connectivity index (χ1) is 20.8. The van der Waals surface area contributed by atoms with Crippen LogP contribution < -0.4 is 11.1 Å². The fraction of sp³-hybridized carbons (Fsp3) is 0.600. The van der Waals surface area contributed by atoms with E-state index in [2.05, 4.69) is 15.5 Å². The largest absolute Gasteiger partial charge is 0.480 e. The van der Waals surface area contributed by atoms with Gasteiger partial charge in [-0.25, -0.2) is 9.78 Å². The zero-order valence-electron chi connectivity index (χ0n) is 24.5. The Labute approximate surface area is 264 Å². The molecule has 6 atom stereocenters. The number of nitrogens with zero attached hydrogens (tertiary/aromatic N) is 3. The van der Waals surface area contributed by atoms with Crippen LogP contribution in [-0.2, 0) is 47.8 Å². The van der Waals surface area contributed by atoms with Gasteiger partial charge >= 0.3 is 23.9 Å². The minimum Gasteiger partial charge on any atom is -0.480 e. The van der Waals surface area contributed by atoms with E-state index >= 15 is 0 Å². The van der Waals surface area contributed by atoms with Gasteiger partial charge < -0.3 is 40.1 Å². The number of amides is 2. The molecule has 0 bridgehead atoms. The van der Waals surface area contributed by atoms with Crippen LogP contribution in [0.25, 0.3) is 0 Å². The van der Waals surface area contributed by atoms with Gasteiger partial charge in [-0.05, 0) is 13.2 Å². The molecule has 0 saturated carbocycles. The van der Waals surface area contributed by atoms with Gasteiger partial charge in [-0.2, -0.15) is 0 Å². The van der Waals surface area contributed by atoms with Gasteiger partial charge in [0, 0.05) is 31.7 Å². The standard InChI is InChI=1S/C25H33N5O11S3/c1-6-14(31)39-11(3)19-25(42-5,23(36)37)10-30-21(35)18(22(30)44-19)28-20(34)17(13-9-43-24(26)27-13)29-38-8-16(33)41-12(4)40-15(32)7-2/h9,11-12,18-19,22H,6-8,10H2,1-5H3,(H2,26,27)(H,28,34)(H,36,37)/t11?,12?,18?,19?,22-,25?/m1/s1. The highest BCUT2D eigenvalue weighted by Gasteiger charge is 2.63. The molecule has 0 aliphatic carbocycles. The second kappa shape index (κ2) is 14.9. The molecule has 2 aliphatic rings. The number of ether oxygens (including phenoxy) is 3. The summed E-state index contributed by atoms with van der Waals surface area (Å²) in [6, 6.07) is -1.09. The number of carboxylic acid groups (broad SMARTS) is 1. The van der Waals surface area contributed by atoms with Gasteiger partial charge in [0.2, 0.25) is 18.8 Å². The number of carboxylic acids is 1. The van der Waals surface area contributed by atoms with Gasteiger partial charge in [0.05, 0.1) is 5.25 Å². The molecule has 16 nitrogen and oxygen atoms in total. The third kappa shape index (κ3) is 7.73. The maximum absolute atomic E-state index is 13.4. The Balaban J connectivity index is 1.76. The number of nitrogen functional groups attached to an aromatic ring is 1. The van der Waals surface area contributed by atoms with E-state index in [1.807, 2.05) is 0 Å². The monoisotopic (exact) mass is 675 g/mol. The second-order valence-corrected chi connectivity index (χ2v) is 12.8. The number of fused-ring (bicyclic) bond motifs is 1. The van der Waals surface area contributed by atoms with Crippen molar-refractivity contribution in [2.45, 2.75) is 74.3 Å². The first-order valence-corrected chi connectivity index (χ1v) is 16.4. The molecule has 242 valence electrons. The third-order valence-electron chi connectivity index (χ3n) is 6.54. The van der Waals surface area contributed by atoms with Crippen molar-refractivity contribution in [2.24, 2.45) is 5.16 Å². The minimum absolute atomic E-state index is 0.00814. The zero-order chi connectivity index (χ0) is 32.8. The molecule has 1 aromatic rings. The topological polar surface area (TPSA) is 226 Å². The first-order valence-electron chi connectivity index (χ1n) is 13.3. The summed E-state index contributed by atoms with van der Waals surface area (Å²) in [6.45, 7) is 5.20. The van der Waals surface area contributed by atoms with Gasteiger partial charge in [-0.15, -0.1) is 34.9 Å². The van der Waals surface area contributed by atoms with Crippen LogP contribution in [0.3, 0.4) is 0 Å². The van der Waals surface area contributed by atoms with Crippen LogP contribution in [0.2, 0.25) is 0 Å². The molecule has 2 amide bonds. The quantitative estimate of drug-likeness (QED) is 0.0806. The number of thiazole rings is 1. The number of aliphatic carboxylic acids is 1. The number of oxime groups is 1. The number of thioether (sulfide) groups is 2. The van der Waals surface area contributed by atoms with Crippen LogP contribution in [0.4, 0.5) is 5.13 Å². The third-order valence-corrected chi connectivity index (χ3v) is 10.5. The Hall–Kier alpha value is -3.58. The van der Waals surface area contributed by atoms with Crippen molar-refractivity contribution >= 4 is 81.4 Å². The lowest BCUT2D eigenvalue weighted by Crippen LogP contribution is -2.77. The summed E-state index contributed by atoms with van der Waals surface area (Å²) < 4.78 is 13.7. The Kier molecular flexibility index (Phi) is 11.8. The van der Waals surface area contributed by atoms with Crippen LogP contribution >= 0.6 is 34.9 Å². The summed E-state index contributed by atoms with van der Waals surface area (Å²) in [5.74, 6) is -4.58. The average Bonchev–Trinajstić information content (AvgIpc) is 3.41. The molecular weight excluding hydrogens is 643 g/mol. The summed E-state index contributed by atoms with van der Waals surface area (Å²) in [5.41, 5.74) is 5.33. The van der Waals surface area contributed by atoms with Crippen molar-refractivity contribution < 1.29 is 52.9 Å².